The first-order valence-corrected chi connectivity index (χ1v) is 35.1. The summed E-state index contributed by atoms with van der Waals surface area (Å²) < 4.78 is 5.50. The number of hydrogen-bond donors (Lipinski definition) is 3. The maximum Gasteiger partial charge on any atom is 0.305 e. The standard InChI is InChI=1S/C71H137NO5/c1-3-5-7-9-11-13-15-17-18-38-41-45-49-53-57-61-65-71(76)77-66-62-58-54-50-46-42-39-36-34-32-30-28-26-24-22-20-19-21-23-25-27-29-31-33-35-37-40-44-48-52-56-60-64-70(75)72-68(67-73)69(74)63-59-55-51-47-43-16-14-12-10-8-6-4-2/h18,38,59,63,68-69,73-74H,3-17,19-37,39-58,60-62,64-67H2,1-2H3,(H,72,75)/b38-18-,63-59+. The molecule has 0 saturated heterocycles. The first-order chi connectivity index (χ1) is 38.0. The van der Waals surface area contributed by atoms with Crippen molar-refractivity contribution < 1.29 is 24.5 Å². The molecule has 0 aliphatic heterocycles. The molecule has 0 aromatic rings. The molecule has 2 atom stereocenters. The van der Waals surface area contributed by atoms with Gasteiger partial charge in [-0.2, -0.15) is 0 Å². The quantitative estimate of drug-likeness (QED) is 0.0320. The molecule has 0 aromatic heterocycles. The lowest BCUT2D eigenvalue weighted by molar-refractivity contribution is -0.143. The van der Waals surface area contributed by atoms with Crippen LogP contribution < -0.4 is 5.32 Å². The normalized spacial score (nSPS) is 12.6. The number of allylic oxidation sites excluding steroid dienone is 3. The predicted molar refractivity (Wildman–Crippen MR) is 338 cm³/mol. The highest BCUT2D eigenvalue weighted by molar-refractivity contribution is 5.76. The van der Waals surface area contributed by atoms with Crippen LogP contribution in [0.25, 0.3) is 0 Å². The number of ether oxygens (including phenoxy) is 1. The van der Waals surface area contributed by atoms with Gasteiger partial charge < -0.3 is 20.3 Å². The highest BCUT2D eigenvalue weighted by Gasteiger charge is 2.18. The fourth-order valence-electron chi connectivity index (χ4n) is 11.1. The minimum Gasteiger partial charge on any atom is -0.466 e. The Labute approximate surface area is 481 Å². The summed E-state index contributed by atoms with van der Waals surface area (Å²) in [6.07, 6.45) is 84.1. The number of nitrogens with one attached hydrogen (secondary N) is 1. The smallest absolute Gasteiger partial charge is 0.305 e. The number of carbonyl (C=O) groups is 2. The molecule has 0 aliphatic rings. The van der Waals surface area contributed by atoms with E-state index in [9.17, 15) is 19.8 Å². The molecule has 0 saturated carbocycles. The largest absolute Gasteiger partial charge is 0.466 e. The first kappa shape index (κ1) is 75.3. The Bertz CT molecular complexity index is 1200. The molecule has 77 heavy (non-hydrogen) atoms. The van der Waals surface area contributed by atoms with Crippen molar-refractivity contribution in [1.82, 2.24) is 5.32 Å². The molecule has 0 rings (SSSR count). The number of rotatable bonds is 66. The molecule has 0 radical (unpaired) electrons. The zero-order valence-corrected chi connectivity index (χ0v) is 52.2. The van der Waals surface area contributed by atoms with Gasteiger partial charge in [-0.25, -0.2) is 0 Å². The van der Waals surface area contributed by atoms with Crippen LogP contribution in [0.3, 0.4) is 0 Å². The van der Waals surface area contributed by atoms with E-state index in [1.54, 1.807) is 6.08 Å². The van der Waals surface area contributed by atoms with Gasteiger partial charge >= 0.3 is 5.97 Å². The lowest BCUT2D eigenvalue weighted by Crippen LogP contribution is -2.45. The van der Waals surface area contributed by atoms with E-state index in [0.717, 1.165) is 44.9 Å². The molecule has 3 N–H and O–H groups in total. The summed E-state index contributed by atoms with van der Waals surface area (Å²) in [5.74, 6) is -0.0484. The van der Waals surface area contributed by atoms with Gasteiger partial charge in [-0.1, -0.05) is 346 Å². The van der Waals surface area contributed by atoms with Crippen LogP contribution in [0.15, 0.2) is 24.3 Å². The fraction of sp³-hybridized carbons (Fsp3) is 0.915. The van der Waals surface area contributed by atoms with Gasteiger partial charge in [0.2, 0.25) is 5.91 Å². The number of esters is 1. The third-order valence-corrected chi connectivity index (χ3v) is 16.5. The van der Waals surface area contributed by atoms with E-state index in [1.807, 2.05) is 6.08 Å². The Morgan fingerprint density at radius 3 is 0.922 bits per heavy atom. The van der Waals surface area contributed by atoms with E-state index in [4.69, 9.17) is 4.74 Å². The first-order valence-electron chi connectivity index (χ1n) is 35.1. The van der Waals surface area contributed by atoms with Crippen molar-refractivity contribution in [3.63, 3.8) is 0 Å². The Morgan fingerprint density at radius 1 is 0.351 bits per heavy atom. The monoisotopic (exact) mass is 1080 g/mol. The molecule has 6 heteroatoms. The zero-order chi connectivity index (χ0) is 55.7. The maximum atomic E-state index is 12.5. The Balaban J connectivity index is 3.31. The molecule has 1 amide bonds. The Kier molecular flexibility index (Phi) is 65.4. The predicted octanol–water partition coefficient (Wildman–Crippen LogP) is 22.5. The van der Waals surface area contributed by atoms with Gasteiger partial charge in [-0.3, -0.25) is 9.59 Å². The second-order valence-corrected chi connectivity index (χ2v) is 24.2. The number of hydrogen-bond acceptors (Lipinski definition) is 5. The summed E-state index contributed by atoms with van der Waals surface area (Å²) in [6, 6.07) is -0.623. The van der Waals surface area contributed by atoms with Crippen molar-refractivity contribution in [2.75, 3.05) is 13.2 Å². The van der Waals surface area contributed by atoms with Crippen molar-refractivity contribution in [3.05, 3.63) is 24.3 Å². The Morgan fingerprint density at radius 2 is 0.610 bits per heavy atom. The van der Waals surface area contributed by atoms with E-state index < -0.39 is 12.1 Å². The van der Waals surface area contributed by atoms with Gasteiger partial charge in [0.15, 0.2) is 0 Å². The van der Waals surface area contributed by atoms with Crippen molar-refractivity contribution in [2.24, 2.45) is 0 Å². The van der Waals surface area contributed by atoms with E-state index >= 15 is 0 Å². The lowest BCUT2D eigenvalue weighted by atomic mass is 10.0. The fourth-order valence-corrected chi connectivity index (χ4v) is 11.1. The van der Waals surface area contributed by atoms with Crippen LogP contribution in [0.4, 0.5) is 0 Å². The summed E-state index contributed by atoms with van der Waals surface area (Å²) in [5.41, 5.74) is 0. The molecular weight excluding hydrogens is 947 g/mol. The molecule has 0 fully saturated rings. The van der Waals surface area contributed by atoms with Crippen LogP contribution in [-0.2, 0) is 14.3 Å². The highest BCUT2D eigenvalue weighted by atomic mass is 16.5. The number of aliphatic hydroxyl groups is 2. The van der Waals surface area contributed by atoms with Crippen molar-refractivity contribution in [1.29, 1.82) is 0 Å². The third-order valence-electron chi connectivity index (χ3n) is 16.5. The summed E-state index contributed by atoms with van der Waals surface area (Å²) in [7, 11) is 0. The number of carbonyl (C=O) groups excluding carboxylic acids is 2. The average Bonchev–Trinajstić information content (AvgIpc) is 3.43. The topological polar surface area (TPSA) is 95.9 Å². The van der Waals surface area contributed by atoms with Gasteiger partial charge in [-0.05, 0) is 57.8 Å². The highest BCUT2D eigenvalue weighted by Crippen LogP contribution is 2.19. The molecule has 0 aromatic carbocycles. The molecule has 0 heterocycles. The number of unbranched alkanes of at least 4 members (excludes halogenated alkanes) is 53. The van der Waals surface area contributed by atoms with Crippen LogP contribution in [0.1, 0.15) is 393 Å². The van der Waals surface area contributed by atoms with Crippen LogP contribution in [0, 0.1) is 0 Å². The molecule has 0 bridgehead atoms. The summed E-state index contributed by atoms with van der Waals surface area (Å²) >= 11 is 0. The number of amides is 1. The van der Waals surface area contributed by atoms with Crippen molar-refractivity contribution in [3.8, 4) is 0 Å². The molecule has 6 nitrogen and oxygen atoms in total. The van der Waals surface area contributed by atoms with Gasteiger partial charge in [0.05, 0.1) is 25.4 Å². The molecular formula is C71H137NO5. The van der Waals surface area contributed by atoms with Crippen LogP contribution in [0.5, 0.6) is 0 Å². The van der Waals surface area contributed by atoms with Crippen LogP contribution in [0.2, 0.25) is 0 Å². The summed E-state index contributed by atoms with van der Waals surface area (Å²) in [5, 5.41) is 23.1. The third kappa shape index (κ3) is 63.4. The van der Waals surface area contributed by atoms with E-state index in [0.29, 0.717) is 19.4 Å². The van der Waals surface area contributed by atoms with Gasteiger partial charge in [0.1, 0.15) is 0 Å². The van der Waals surface area contributed by atoms with E-state index in [2.05, 4.69) is 31.3 Å². The SMILES string of the molecule is CCCCCCCCC/C=C\CCCCCCCC(=O)OCCCCCCCCCCCCCCCCCCCCCCCCCCCCCCCCCCC(=O)NC(CO)C(O)/C=C/CCCCCCCCCCCC. The van der Waals surface area contributed by atoms with Gasteiger partial charge in [0, 0.05) is 12.8 Å². The molecule has 2 unspecified atom stereocenters. The minimum atomic E-state index is -0.840. The number of aliphatic hydroxyl groups excluding tert-OH is 2. The van der Waals surface area contributed by atoms with Gasteiger partial charge in [-0.15, -0.1) is 0 Å². The minimum absolute atomic E-state index is 0.0141. The van der Waals surface area contributed by atoms with E-state index in [1.165, 1.54) is 321 Å². The maximum absolute atomic E-state index is 12.5. The van der Waals surface area contributed by atoms with Crippen LogP contribution in [-0.4, -0.2) is 47.4 Å². The van der Waals surface area contributed by atoms with Crippen molar-refractivity contribution in [2.45, 2.75) is 405 Å². The zero-order valence-electron chi connectivity index (χ0n) is 52.2. The molecule has 0 spiro atoms. The van der Waals surface area contributed by atoms with Crippen molar-refractivity contribution >= 4 is 11.9 Å². The van der Waals surface area contributed by atoms with E-state index in [-0.39, 0.29) is 18.5 Å². The summed E-state index contributed by atoms with van der Waals surface area (Å²) in [6.45, 7) is 4.92. The summed E-state index contributed by atoms with van der Waals surface area (Å²) in [4.78, 5) is 24.5. The second-order valence-electron chi connectivity index (χ2n) is 24.2. The molecule has 456 valence electrons. The van der Waals surface area contributed by atoms with Gasteiger partial charge in [0.25, 0.3) is 0 Å². The average molecular weight is 1080 g/mol. The molecule has 0 aliphatic carbocycles. The lowest BCUT2D eigenvalue weighted by Gasteiger charge is -2.20. The second kappa shape index (κ2) is 66.8. The Hall–Kier alpha value is -1.66. The van der Waals surface area contributed by atoms with Crippen LogP contribution >= 0.6 is 0 Å².